The van der Waals surface area contributed by atoms with Crippen molar-refractivity contribution in [2.24, 2.45) is 5.92 Å². The molecule has 1 atom stereocenters. The summed E-state index contributed by atoms with van der Waals surface area (Å²) in [6.45, 7) is 19.6. The first kappa shape index (κ1) is 28.5. The lowest BCUT2D eigenvalue weighted by atomic mass is 9.95. The molecular formula is C33H42ClN. The molecule has 0 spiro atoms. The van der Waals surface area contributed by atoms with Crippen LogP contribution in [0.15, 0.2) is 84.9 Å². The van der Waals surface area contributed by atoms with E-state index in [0.717, 1.165) is 35.0 Å². The number of allylic oxidation sites excluding steroid dienone is 2. The van der Waals surface area contributed by atoms with Gasteiger partial charge in [0.25, 0.3) is 0 Å². The molecule has 0 aliphatic heterocycles. The Balaban J connectivity index is 0.000000328. The van der Waals surface area contributed by atoms with Crippen LogP contribution in [0, 0.1) is 12.8 Å². The lowest BCUT2D eigenvalue weighted by molar-refractivity contribution is 0.614. The van der Waals surface area contributed by atoms with Gasteiger partial charge in [0.1, 0.15) is 0 Å². The van der Waals surface area contributed by atoms with E-state index in [9.17, 15) is 0 Å². The summed E-state index contributed by atoms with van der Waals surface area (Å²) in [4.78, 5) is 0. The lowest BCUT2D eigenvalue weighted by Gasteiger charge is -2.21. The van der Waals surface area contributed by atoms with Gasteiger partial charge < -0.3 is 5.32 Å². The predicted molar refractivity (Wildman–Crippen MR) is 157 cm³/mol. The van der Waals surface area contributed by atoms with Gasteiger partial charge in [0.15, 0.2) is 0 Å². The Labute approximate surface area is 218 Å². The van der Waals surface area contributed by atoms with Crippen LogP contribution in [0.25, 0.3) is 11.3 Å². The number of halogens is 1. The maximum atomic E-state index is 5.75. The molecule has 0 saturated carbocycles. The summed E-state index contributed by atoms with van der Waals surface area (Å²) in [5.74, 6) is 0.719. The van der Waals surface area contributed by atoms with E-state index >= 15 is 0 Å². The van der Waals surface area contributed by atoms with Crippen LogP contribution in [-0.4, -0.2) is 0 Å². The molecule has 0 amide bonds. The van der Waals surface area contributed by atoms with E-state index in [2.05, 4.69) is 121 Å². The average Bonchev–Trinajstić information content (AvgIpc) is 2.84. The summed E-state index contributed by atoms with van der Waals surface area (Å²) in [5.41, 5.74) is 10.1. The molecule has 0 bridgehead atoms. The molecule has 0 aliphatic rings. The normalized spacial score (nSPS) is 11.3. The van der Waals surface area contributed by atoms with E-state index in [1.807, 2.05) is 12.1 Å². The highest BCUT2D eigenvalue weighted by molar-refractivity contribution is 6.30. The first-order chi connectivity index (χ1) is 16.6. The zero-order chi connectivity index (χ0) is 26.0. The third-order valence-electron chi connectivity index (χ3n) is 6.26. The van der Waals surface area contributed by atoms with Crippen LogP contribution in [0.1, 0.15) is 81.8 Å². The largest absolute Gasteiger partial charge is 0.378 e. The maximum absolute atomic E-state index is 5.75. The molecule has 0 heterocycles. The lowest BCUT2D eigenvalue weighted by Crippen LogP contribution is -2.18. The van der Waals surface area contributed by atoms with E-state index in [1.54, 1.807) is 0 Å². The van der Waals surface area contributed by atoms with Gasteiger partial charge in [0.2, 0.25) is 0 Å². The van der Waals surface area contributed by atoms with Crippen molar-refractivity contribution in [1.82, 2.24) is 5.32 Å². The molecule has 3 aromatic carbocycles. The summed E-state index contributed by atoms with van der Waals surface area (Å²) in [5, 5.41) is 4.42. The Hall–Kier alpha value is -2.77. The highest BCUT2D eigenvalue weighted by atomic mass is 35.5. The number of benzene rings is 3. The quantitative estimate of drug-likeness (QED) is 0.333. The Morgan fingerprint density at radius 1 is 0.914 bits per heavy atom. The second-order valence-electron chi connectivity index (χ2n) is 9.87. The summed E-state index contributed by atoms with van der Waals surface area (Å²) < 4.78 is 0. The van der Waals surface area contributed by atoms with E-state index in [1.165, 1.54) is 33.4 Å². The molecule has 2 heteroatoms. The van der Waals surface area contributed by atoms with Gasteiger partial charge >= 0.3 is 0 Å². The Bertz CT molecular complexity index is 1100. The van der Waals surface area contributed by atoms with Crippen molar-refractivity contribution in [3.05, 3.63) is 118 Å². The van der Waals surface area contributed by atoms with Crippen LogP contribution in [0.4, 0.5) is 0 Å². The molecule has 0 aliphatic carbocycles. The molecular weight excluding hydrogens is 446 g/mol. The van der Waals surface area contributed by atoms with Gasteiger partial charge in [-0.15, -0.1) is 0 Å². The maximum Gasteiger partial charge on any atom is 0.0511 e. The van der Waals surface area contributed by atoms with E-state index in [-0.39, 0.29) is 6.04 Å². The summed E-state index contributed by atoms with van der Waals surface area (Å²) >= 11 is 5.75. The van der Waals surface area contributed by atoms with Gasteiger partial charge in [0, 0.05) is 10.7 Å². The number of nitrogens with one attached hydrogen (secondary N) is 1. The van der Waals surface area contributed by atoms with Crippen LogP contribution in [0.3, 0.4) is 0 Å². The first-order valence-corrected chi connectivity index (χ1v) is 13.0. The van der Waals surface area contributed by atoms with Crippen LogP contribution >= 0.6 is 11.6 Å². The number of rotatable bonds is 8. The minimum Gasteiger partial charge on any atom is -0.378 e. The van der Waals surface area contributed by atoms with Crippen molar-refractivity contribution >= 4 is 22.9 Å². The van der Waals surface area contributed by atoms with Gasteiger partial charge in [-0.1, -0.05) is 99.1 Å². The van der Waals surface area contributed by atoms with Crippen LogP contribution in [-0.2, 0) is 6.42 Å². The Morgan fingerprint density at radius 2 is 1.54 bits per heavy atom. The topological polar surface area (TPSA) is 12.0 Å². The molecule has 1 unspecified atom stereocenters. The van der Waals surface area contributed by atoms with E-state index in [4.69, 9.17) is 11.6 Å². The molecule has 0 saturated heterocycles. The number of hydrogen-bond donors (Lipinski definition) is 1. The fourth-order valence-electron chi connectivity index (χ4n) is 3.98. The third kappa shape index (κ3) is 9.07. The summed E-state index contributed by atoms with van der Waals surface area (Å²) in [7, 11) is 0. The minimum absolute atomic E-state index is 0.285. The van der Waals surface area contributed by atoms with Gasteiger partial charge in [-0.25, -0.2) is 0 Å². The van der Waals surface area contributed by atoms with Crippen LogP contribution in [0.2, 0.25) is 5.02 Å². The summed E-state index contributed by atoms with van der Waals surface area (Å²) in [6, 6.07) is 25.5. The van der Waals surface area contributed by atoms with Crippen molar-refractivity contribution in [2.75, 3.05) is 0 Å². The fraction of sp³-hybridized carbons (Fsp3) is 0.333. The Kier molecular flexibility index (Phi) is 11.3. The molecule has 1 N–H and O–H groups in total. The monoisotopic (exact) mass is 487 g/mol. The van der Waals surface area contributed by atoms with Gasteiger partial charge in [-0.3, -0.25) is 0 Å². The van der Waals surface area contributed by atoms with Crippen LogP contribution < -0.4 is 5.32 Å². The van der Waals surface area contributed by atoms with Gasteiger partial charge in [-0.05, 0) is 98.0 Å². The van der Waals surface area contributed by atoms with Crippen molar-refractivity contribution in [3.63, 3.8) is 0 Å². The highest BCUT2D eigenvalue weighted by Gasteiger charge is 2.12. The molecule has 35 heavy (non-hydrogen) atoms. The molecule has 0 radical (unpaired) electrons. The number of aryl methyl sites for hydroxylation is 1. The number of hydrogen-bond acceptors (Lipinski definition) is 1. The van der Waals surface area contributed by atoms with Crippen LogP contribution in [0.5, 0.6) is 0 Å². The van der Waals surface area contributed by atoms with E-state index < -0.39 is 0 Å². The SMILES string of the molecule is C=C(NC(CC)c1ccccc1)c1ccc(C)c(C(C)=C(C)C)c1.CC(C)Cc1ccc(Cl)cc1. The standard InChI is InChI=1S/C23H29N.C10H13Cl/c1-7-23(20-11-9-8-10-12-20)24-19(6)21-14-13-17(4)22(15-21)18(5)16(2)3;1-8(2)7-9-3-5-10(11)6-4-9/h8-15,23-24H,6-7H2,1-5H3;3-6,8H,7H2,1-2H3. The highest BCUT2D eigenvalue weighted by Crippen LogP contribution is 2.26. The van der Waals surface area contributed by atoms with E-state index in [0.29, 0.717) is 0 Å². The predicted octanol–water partition coefficient (Wildman–Crippen LogP) is 10.1. The smallest absolute Gasteiger partial charge is 0.0511 e. The molecule has 3 aromatic rings. The Morgan fingerprint density at radius 3 is 2.09 bits per heavy atom. The summed E-state index contributed by atoms with van der Waals surface area (Å²) in [6.07, 6.45) is 2.16. The molecule has 186 valence electrons. The molecule has 0 fully saturated rings. The fourth-order valence-corrected chi connectivity index (χ4v) is 4.10. The second kappa shape index (κ2) is 14.0. The third-order valence-corrected chi connectivity index (χ3v) is 6.51. The molecule has 3 rings (SSSR count). The molecule has 0 aromatic heterocycles. The molecule has 1 nitrogen and oxygen atoms in total. The average molecular weight is 488 g/mol. The minimum atomic E-state index is 0.285. The van der Waals surface area contributed by atoms with Crippen molar-refractivity contribution in [2.45, 2.75) is 67.3 Å². The first-order valence-electron chi connectivity index (χ1n) is 12.6. The van der Waals surface area contributed by atoms with Gasteiger partial charge in [0.05, 0.1) is 6.04 Å². The van der Waals surface area contributed by atoms with Crippen molar-refractivity contribution in [3.8, 4) is 0 Å². The zero-order valence-electron chi connectivity index (χ0n) is 22.6. The second-order valence-corrected chi connectivity index (χ2v) is 10.3. The van der Waals surface area contributed by atoms with Gasteiger partial charge in [-0.2, -0.15) is 0 Å². The van der Waals surface area contributed by atoms with Crippen molar-refractivity contribution < 1.29 is 0 Å². The van der Waals surface area contributed by atoms with Crippen molar-refractivity contribution in [1.29, 1.82) is 0 Å². The zero-order valence-corrected chi connectivity index (χ0v) is 23.3.